The molecule has 0 bridgehead atoms. The van der Waals surface area contributed by atoms with Gasteiger partial charge in [0.2, 0.25) is 0 Å². The largest absolute Gasteiger partial charge is 0.416 e. The van der Waals surface area contributed by atoms with Gasteiger partial charge in [-0.15, -0.1) is 0 Å². The molecule has 1 aliphatic rings. The van der Waals surface area contributed by atoms with E-state index >= 15 is 0 Å². The molecule has 0 saturated heterocycles. The maximum atomic E-state index is 12.5. The molecular formula is C15H19ClF3NO. The molecule has 1 aliphatic carbocycles. The van der Waals surface area contributed by atoms with Crippen LogP contribution in [0, 0.1) is 5.92 Å². The number of nitrogens with one attached hydrogen (secondary N) is 1. The summed E-state index contributed by atoms with van der Waals surface area (Å²) in [5.74, 6) is 0.560. The summed E-state index contributed by atoms with van der Waals surface area (Å²) in [4.78, 5) is 0. The Bertz CT molecular complexity index is 472. The Hall–Kier alpha value is -0.940. The van der Waals surface area contributed by atoms with Crippen LogP contribution in [0.5, 0.6) is 0 Å². The molecule has 1 unspecified atom stereocenters. The van der Waals surface area contributed by atoms with Crippen LogP contribution >= 0.6 is 11.6 Å². The highest BCUT2D eigenvalue weighted by atomic mass is 35.5. The van der Waals surface area contributed by atoms with Crippen LogP contribution in [0.2, 0.25) is 5.02 Å². The van der Waals surface area contributed by atoms with E-state index in [1.165, 1.54) is 18.9 Å². The van der Waals surface area contributed by atoms with Crippen molar-refractivity contribution in [3.8, 4) is 0 Å². The number of hydrogen-bond donors (Lipinski definition) is 2. The van der Waals surface area contributed by atoms with Crippen LogP contribution in [0.15, 0.2) is 18.2 Å². The van der Waals surface area contributed by atoms with E-state index in [1.54, 1.807) is 0 Å². The first kappa shape index (κ1) is 16.4. The molecule has 2 nitrogen and oxygen atoms in total. The van der Waals surface area contributed by atoms with Gasteiger partial charge in [-0.2, -0.15) is 13.2 Å². The second-order valence-corrected chi connectivity index (χ2v) is 6.02. The highest BCUT2D eigenvalue weighted by Gasteiger charge is 2.30. The van der Waals surface area contributed by atoms with Crippen LogP contribution < -0.4 is 5.32 Å². The Morgan fingerprint density at radius 2 is 1.95 bits per heavy atom. The summed E-state index contributed by atoms with van der Waals surface area (Å²) >= 11 is 5.85. The van der Waals surface area contributed by atoms with Crippen LogP contribution in [0.25, 0.3) is 0 Å². The first-order chi connectivity index (χ1) is 9.86. The van der Waals surface area contributed by atoms with Gasteiger partial charge in [-0.3, -0.25) is 0 Å². The molecular weight excluding hydrogens is 303 g/mol. The Kier molecular flexibility index (Phi) is 5.38. The quantitative estimate of drug-likeness (QED) is 0.823. The van der Waals surface area contributed by atoms with Crippen molar-refractivity contribution in [3.05, 3.63) is 28.8 Å². The summed E-state index contributed by atoms with van der Waals surface area (Å²) in [5.41, 5.74) is -0.361. The molecule has 1 atom stereocenters. The zero-order valence-electron chi connectivity index (χ0n) is 11.6. The lowest BCUT2D eigenvalue weighted by molar-refractivity contribution is -0.137. The Morgan fingerprint density at radius 3 is 2.52 bits per heavy atom. The molecule has 1 fully saturated rings. The first-order valence-corrected chi connectivity index (χ1v) is 7.52. The standard InChI is InChI=1S/C15H19ClF3NO/c16-13-8-11(15(17,18)19)5-6-14(13)20-9-12(21)7-10-3-1-2-4-10/h5-6,8,10,12,20-21H,1-4,7,9H2. The van der Waals surface area contributed by atoms with Gasteiger partial charge < -0.3 is 10.4 Å². The lowest BCUT2D eigenvalue weighted by atomic mass is 10.00. The lowest BCUT2D eigenvalue weighted by Gasteiger charge is -2.17. The molecule has 6 heteroatoms. The molecule has 1 aromatic rings. The molecule has 0 aliphatic heterocycles. The topological polar surface area (TPSA) is 32.3 Å². The number of aliphatic hydroxyl groups excluding tert-OH is 1. The third kappa shape index (κ3) is 4.78. The van der Waals surface area contributed by atoms with E-state index in [0.717, 1.165) is 31.4 Å². The Morgan fingerprint density at radius 1 is 1.29 bits per heavy atom. The van der Waals surface area contributed by atoms with Crippen molar-refractivity contribution in [2.75, 3.05) is 11.9 Å². The number of aliphatic hydroxyl groups is 1. The van der Waals surface area contributed by atoms with Crippen molar-refractivity contribution in [1.29, 1.82) is 0 Å². The fourth-order valence-electron chi connectivity index (χ4n) is 2.78. The monoisotopic (exact) mass is 321 g/mol. The van der Waals surface area contributed by atoms with Gasteiger partial charge in [0, 0.05) is 6.54 Å². The summed E-state index contributed by atoms with van der Waals surface area (Å²) in [5, 5.41) is 12.9. The smallest absolute Gasteiger partial charge is 0.391 e. The van der Waals surface area contributed by atoms with Gasteiger partial charge in [-0.05, 0) is 30.5 Å². The first-order valence-electron chi connectivity index (χ1n) is 7.15. The fraction of sp³-hybridized carbons (Fsp3) is 0.600. The van der Waals surface area contributed by atoms with E-state index in [9.17, 15) is 18.3 Å². The molecule has 118 valence electrons. The second kappa shape index (κ2) is 6.88. The van der Waals surface area contributed by atoms with Gasteiger partial charge in [0.05, 0.1) is 22.4 Å². The SMILES string of the molecule is OC(CNc1ccc(C(F)(F)F)cc1Cl)CC1CCCC1. The zero-order valence-corrected chi connectivity index (χ0v) is 12.3. The van der Waals surface area contributed by atoms with E-state index in [2.05, 4.69) is 5.32 Å². The van der Waals surface area contributed by atoms with Crippen LogP contribution in [0.3, 0.4) is 0 Å². The number of anilines is 1. The highest BCUT2D eigenvalue weighted by Crippen LogP contribution is 2.34. The molecule has 0 spiro atoms. The minimum absolute atomic E-state index is 0.0119. The van der Waals surface area contributed by atoms with Crippen LogP contribution in [-0.2, 0) is 6.18 Å². The van der Waals surface area contributed by atoms with E-state index in [4.69, 9.17) is 11.6 Å². The summed E-state index contributed by atoms with van der Waals surface area (Å²) in [7, 11) is 0. The van der Waals surface area contributed by atoms with Crippen molar-refractivity contribution >= 4 is 17.3 Å². The maximum Gasteiger partial charge on any atom is 0.416 e. The van der Waals surface area contributed by atoms with Crippen LogP contribution in [0.1, 0.15) is 37.7 Å². The number of hydrogen-bond acceptors (Lipinski definition) is 2. The average molecular weight is 322 g/mol. The van der Waals surface area contributed by atoms with E-state index in [-0.39, 0.29) is 5.02 Å². The highest BCUT2D eigenvalue weighted by molar-refractivity contribution is 6.33. The van der Waals surface area contributed by atoms with Gasteiger partial charge in [-0.25, -0.2) is 0 Å². The van der Waals surface area contributed by atoms with Gasteiger partial charge in [0.1, 0.15) is 0 Å². The van der Waals surface area contributed by atoms with Gasteiger partial charge in [0.25, 0.3) is 0 Å². The fourth-order valence-corrected chi connectivity index (χ4v) is 3.02. The third-order valence-electron chi connectivity index (χ3n) is 3.90. The van der Waals surface area contributed by atoms with Gasteiger partial charge in [-0.1, -0.05) is 37.3 Å². The summed E-state index contributed by atoms with van der Waals surface area (Å²) < 4.78 is 37.6. The normalized spacial score (nSPS) is 18.0. The molecule has 0 radical (unpaired) electrons. The molecule has 1 saturated carbocycles. The Balaban J connectivity index is 1.87. The van der Waals surface area contributed by atoms with Crippen molar-refractivity contribution in [2.24, 2.45) is 5.92 Å². The number of halogens is 4. The molecule has 1 aromatic carbocycles. The number of alkyl halides is 3. The molecule has 0 aromatic heterocycles. The van der Waals surface area contributed by atoms with Crippen molar-refractivity contribution in [2.45, 2.75) is 44.4 Å². The second-order valence-electron chi connectivity index (χ2n) is 5.61. The predicted octanol–water partition coefficient (Wildman–Crippen LogP) is 4.71. The average Bonchev–Trinajstić information content (AvgIpc) is 2.89. The molecule has 2 N–H and O–H groups in total. The van der Waals surface area contributed by atoms with Gasteiger partial charge in [0.15, 0.2) is 0 Å². The van der Waals surface area contributed by atoms with Gasteiger partial charge >= 0.3 is 6.18 Å². The van der Waals surface area contributed by atoms with Crippen LogP contribution in [0.4, 0.5) is 18.9 Å². The maximum absolute atomic E-state index is 12.5. The van der Waals surface area contributed by atoms with Crippen molar-refractivity contribution in [3.63, 3.8) is 0 Å². The predicted molar refractivity (Wildman–Crippen MR) is 77.5 cm³/mol. The molecule has 2 rings (SSSR count). The minimum atomic E-state index is -4.40. The zero-order chi connectivity index (χ0) is 15.5. The molecule has 0 heterocycles. The van der Waals surface area contributed by atoms with E-state index < -0.39 is 17.8 Å². The van der Waals surface area contributed by atoms with E-state index in [1.807, 2.05) is 0 Å². The summed E-state index contributed by atoms with van der Waals surface area (Å²) in [6.07, 6.45) is 0.558. The number of benzene rings is 1. The summed E-state index contributed by atoms with van der Waals surface area (Å²) in [6.45, 7) is 0.293. The van der Waals surface area contributed by atoms with Crippen molar-refractivity contribution < 1.29 is 18.3 Å². The minimum Gasteiger partial charge on any atom is -0.391 e. The van der Waals surface area contributed by atoms with E-state index in [0.29, 0.717) is 18.2 Å². The van der Waals surface area contributed by atoms with Crippen LogP contribution in [-0.4, -0.2) is 17.8 Å². The molecule has 21 heavy (non-hydrogen) atoms. The lowest BCUT2D eigenvalue weighted by Crippen LogP contribution is -2.22. The third-order valence-corrected chi connectivity index (χ3v) is 4.22. The van der Waals surface area contributed by atoms with Crippen molar-refractivity contribution in [1.82, 2.24) is 0 Å². The number of rotatable bonds is 5. The summed E-state index contributed by atoms with van der Waals surface area (Å²) in [6, 6.07) is 3.18. The molecule has 0 amide bonds. The Labute approximate surface area is 127 Å².